The normalized spacial score (nSPS) is 18.3. The van der Waals surface area contributed by atoms with Gasteiger partial charge in [0.25, 0.3) is 5.92 Å². The lowest BCUT2D eigenvalue weighted by Gasteiger charge is -2.25. The van der Waals surface area contributed by atoms with E-state index in [0.717, 1.165) is 12.1 Å². The fourth-order valence-electron chi connectivity index (χ4n) is 6.41. The molecule has 1 aliphatic carbocycles. The molecule has 0 bridgehead atoms. The summed E-state index contributed by atoms with van der Waals surface area (Å²) in [6, 6.07) is 9.45. The van der Waals surface area contributed by atoms with Crippen molar-refractivity contribution in [2.24, 2.45) is 10.9 Å². The number of nitrogens with zero attached hydrogens (tertiary/aromatic N) is 4. The molecule has 3 unspecified atom stereocenters. The van der Waals surface area contributed by atoms with Gasteiger partial charge in [-0.15, -0.1) is 6.42 Å². The number of amides is 1. The van der Waals surface area contributed by atoms with Crippen molar-refractivity contribution in [2.75, 3.05) is 5.32 Å². The van der Waals surface area contributed by atoms with E-state index in [1.54, 1.807) is 24.3 Å². The van der Waals surface area contributed by atoms with Gasteiger partial charge in [-0.2, -0.15) is 27.1 Å². The second-order valence-electron chi connectivity index (χ2n) is 11.7. The van der Waals surface area contributed by atoms with Crippen LogP contribution in [0.25, 0.3) is 11.1 Å². The van der Waals surface area contributed by atoms with Crippen LogP contribution in [0.5, 0.6) is 0 Å². The number of rotatable bonds is 8. The van der Waals surface area contributed by atoms with E-state index in [4.69, 9.17) is 6.42 Å². The van der Waals surface area contributed by atoms with Gasteiger partial charge in [0.05, 0.1) is 23.8 Å². The van der Waals surface area contributed by atoms with Crippen LogP contribution in [0.4, 0.5) is 36.4 Å². The van der Waals surface area contributed by atoms with E-state index < -0.39 is 77.7 Å². The van der Waals surface area contributed by atoms with Crippen molar-refractivity contribution in [1.82, 2.24) is 20.1 Å². The summed E-state index contributed by atoms with van der Waals surface area (Å²) in [5.41, 5.74) is -1.24. The van der Waals surface area contributed by atoms with E-state index in [9.17, 15) is 31.9 Å². The van der Waals surface area contributed by atoms with Crippen molar-refractivity contribution in [3.8, 4) is 23.5 Å². The molecular weight excluding hydrogens is 657 g/mol. The third-order valence-corrected chi connectivity index (χ3v) is 8.57. The van der Waals surface area contributed by atoms with Crippen LogP contribution in [0, 0.1) is 29.9 Å². The van der Waals surface area contributed by atoms with E-state index in [-0.39, 0.29) is 29.8 Å². The van der Waals surface area contributed by atoms with Crippen LogP contribution in [-0.2, 0) is 36.3 Å². The van der Waals surface area contributed by atoms with Gasteiger partial charge >= 0.3 is 6.18 Å². The highest BCUT2D eigenvalue weighted by atomic mass is 19.4. The number of hydrogen-bond donors (Lipinski definition) is 3. The second-order valence-corrected chi connectivity index (χ2v) is 11.7. The molecule has 15 heteroatoms. The lowest BCUT2D eigenvalue weighted by atomic mass is 9.92. The summed E-state index contributed by atoms with van der Waals surface area (Å²) >= 11 is 0. The minimum atomic E-state index is -5.05. The number of terminal acetylenes is 1. The number of aliphatic hydroxyl groups is 1. The third kappa shape index (κ3) is 6.35. The quantitative estimate of drug-likeness (QED) is 0.146. The topological polar surface area (TPSA) is 104 Å². The fourth-order valence-corrected chi connectivity index (χ4v) is 6.41. The van der Waals surface area contributed by atoms with E-state index in [0.29, 0.717) is 33.1 Å². The summed E-state index contributed by atoms with van der Waals surface area (Å²) in [6.45, 7) is 0.400. The Balaban J connectivity index is 1.44. The third-order valence-electron chi connectivity index (χ3n) is 8.57. The molecule has 4 aromatic rings. The van der Waals surface area contributed by atoms with Gasteiger partial charge in [-0.1, -0.05) is 31.0 Å². The summed E-state index contributed by atoms with van der Waals surface area (Å²) in [5, 5.41) is 19.4. The highest BCUT2D eigenvalue weighted by molar-refractivity contribution is 5.91. The molecule has 0 radical (unpaired) electrons. The summed E-state index contributed by atoms with van der Waals surface area (Å²) < 4.78 is 101. The number of halogens is 7. The van der Waals surface area contributed by atoms with Gasteiger partial charge in [0.2, 0.25) is 5.91 Å². The number of aromatic nitrogens is 3. The minimum Gasteiger partial charge on any atom is -0.368 e. The zero-order chi connectivity index (χ0) is 35.2. The van der Waals surface area contributed by atoms with Gasteiger partial charge in [-0.05, 0) is 49.1 Å². The SMILES string of the molecule is C#Cc1ccc(-c2cccc3c2NC=NC3O)c(C(Cc2cc(F)cc(F)c2)NC(=O)Cn2nc(C(F)(F)F)c3c2C(F)(F)C(CC)C3)n1. The Bertz CT molecular complexity index is 2000. The monoisotopic (exact) mass is 684 g/mol. The highest BCUT2D eigenvalue weighted by Gasteiger charge is 2.55. The van der Waals surface area contributed by atoms with Gasteiger partial charge < -0.3 is 15.7 Å². The van der Waals surface area contributed by atoms with Crippen LogP contribution in [0.15, 0.2) is 53.5 Å². The standard InChI is InChI=1S/C34H27F7N6O2/c1-3-18-13-25-30(34(39,40)41)46-47(31(25)33(18,37)38)15-27(48)45-26(12-17-10-19(35)14-20(36)11-17)29-23(9-8-21(4-2)44-29)22-6-5-7-24-28(22)42-16-43-32(24)49/h2,5-11,14,16,18,26,32,49H,3,12-13,15H2,1H3,(H,42,43)(H,45,48). The average molecular weight is 685 g/mol. The number of pyridine rings is 1. The average Bonchev–Trinajstić information content (AvgIpc) is 3.54. The zero-order valence-electron chi connectivity index (χ0n) is 25.6. The molecule has 2 aromatic heterocycles. The number of aliphatic imine (C=N–C) groups is 1. The Morgan fingerprint density at radius 1 is 1.16 bits per heavy atom. The minimum absolute atomic E-state index is 0.0640. The molecule has 0 saturated carbocycles. The van der Waals surface area contributed by atoms with Crippen LogP contribution in [-0.4, -0.2) is 32.1 Å². The molecule has 1 amide bonds. The van der Waals surface area contributed by atoms with Crippen LogP contribution < -0.4 is 10.6 Å². The highest BCUT2D eigenvalue weighted by Crippen LogP contribution is 2.51. The maximum atomic E-state index is 15.4. The molecule has 1 aliphatic heterocycles. The van der Waals surface area contributed by atoms with Crippen molar-refractivity contribution in [3.05, 3.63) is 99.6 Å². The van der Waals surface area contributed by atoms with E-state index in [1.165, 1.54) is 19.3 Å². The number of carbonyl (C=O) groups is 1. The molecule has 2 aromatic carbocycles. The van der Waals surface area contributed by atoms with Gasteiger partial charge in [0.15, 0.2) is 11.9 Å². The predicted molar refractivity (Wildman–Crippen MR) is 164 cm³/mol. The predicted octanol–water partition coefficient (Wildman–Crippen LogP) is 6.44. The van der Waals surface area contributed by atoms with Crippen molar-refractivity contribution < 1.29 is 40.6 Å². The second kappa shape index (κ2) is 12.7. The molecular formula is C34H27F7N6O2. The number of fused-ring (bicyclic) bond motifs is 2. The maximum absolute atomic E-state index is 15.4. The molecule has 3 N–H and O–H groups in total. The largest absolute Gasteiger partial charge is 0.435 e. The van der Waals surface area contributed by atoms with Gasteiger partial charge in [-0.3, -0.25) is 9.48 Å². The van der Waals surface area contributed by atoms with Crippen LogP contribution in [0.3, 0.4) is 0 Å². The van der Waals surface area contributed by atoms with Crippen LogP contribution in [0.1, 0.15) is 65.1 Å². The number of nitrogens with one attached hydrogen (secondary N) is 2. The van der Waals surface area contributed by atoms with Crippen LogP contribution >= 0.6 is 0 Å². The number of carbonyl (C=O) groups excluding carboxylic acids is 1. The lowest BCUT2D eigenvalue weighted by molar-refractivity contribution is -0.142. The van der Waals surface area contributed by atoms with Crippen molar-refractivity contribution in [1.29, 1.82) is 0 Å². The number of anilines is 1. The summed E-state index contributed by atoms with van der Waals surface area (Å²) in [6.07, 6.45) is -0.322. The molecule has 6 rings (SSSR count). The smallest absolute Gasteiger partial charge is 0.368 e. The van der Waals surface area contributed by atoms with Gasteiger partial charge in [-0.25, -0.2) is 18.8 Å². The van der Waals surface area contributed by atoms with E-state index in [1.807, 2.05) is 0 Å². The molecule has 3 atom stereocenters. The van der Waals surface area contributed by atoms with Gasteiger partial charge in [0, 0.05) is 34.2 Å². The Morgan fingerprint density at radius 2 is 1.90 bits per heavy atom. The van der Waals surface area contributed by atoms with E-state index >= 15 is 8.78 Å². The van der Waals surface area contributed by atoms with E-state index in [2.05, 4.69) is 31.6 Å². The molecule has 2 aliphatic rings. The number of para-hydroxylation sites is 1. The molecule has 3 heterocycles. The summed E-state index contributed by atoms with van der Waals surface area (Å²) in [7, 11) is 0. The molecule has 0 saturated heterocycles. The first-order valence-corrected chi connectivity index (χ1v) is 15.1. The molecule has 254 valence electrons. The number of alkyl halides is 5. The Hall–Kier alpha value is -5.23. The Kier molecular flexibility index (Phi) is 8.70. The molecule has 8 nitrogen and oxygen atoms in total. The van der Waals surface area contributed by atoms with Crippen molar-refractivity contribution in [2.45, 2.75) is 57.1 Å². The maximum Gasteiger partial charge on any atom is 0.435 e. The first-order chi connectivity index (χ1) is 23.2. The Morgan fingerprint density at radius 3 is 2.57 bits per heavy atom. The molecule has 0 spiro atoms. The Labute approximate surface area is 275 Å². The van der Waals surface area contributed by atoms with Crippen molar-refractivity contribution in [3.63, 3.8) is 0 Å². The lowest BCUT2D eigenvalue weighted by Crippen LogP contribution is -2.35. The molecule has 0 fully saturated rings. The first-order valence-electron chi connectivity index (χ1n) is 15.1. The van der Waals surface area contributed by atoms with Crippen molar-refractivity contribution >= 4 is 17.9 Å². The number of benzene rings is 2. The van der Waals surface area contributed by atoms with Crippen LogP contribution in [0.2, 0.25) is 0 Å². The molecule has 49 heavy (non-hydrogen) atoms. The summed E-state index contributed by atoms with van der Waals surface area (Å²) in [4.78, 5) is 22.1. The van der Waals surface area contributed by atoms with Gasteiger partial charge in [0.1, 0.15) is 29.6 Å². The zero-order valence-corrected chi connectivity index (χ0v) is 25.6. The number of hydrogen-bond acceptors (Lipinski definition) is 6. The summed E-state index contributed by atoms with van der Waals surface area (Å²) in [5.74, 6) is -5.59. The fraction of sp³-hybridized carbons (Fsp3) is 0.294. The number of aliphatic hydroxyl groups excluding tert-OH is 1. The first kappa shape index (κ1) is 33.7.